The number of hydroxylamine groups is 2. The number of imide groups is 1. The van der Waals surface area contributed by atoms with Crippen molar-refractivity contribution in [3.8, 4) is 6.07 Å². The van der Waals surface area contributed by atoms with Crippen molar-refractivity contribution in [2.45, 2.75) is 51.7 Å². The van der Waals surface area contributed by atoms with Gasteiger partial charge in [-0.25, -0.2) is 9.59 Å². The van der Waals surface area contributed by atoms with Crippen LogP contribution in [0, 0.1) is 11.3 Å². The first kappa shape index (κ1) is 20.9. The van der Waals surface area contributed by atoms with Crippen molar-refractivity contribution in [1.29, 1.82) is 5.26 Å². The van der Waals surface area contributed by atoms with Crippen molar-refractivity contribution in [2.75, 3.05) is 0 Å². The molecule has 0 saturated carbocycles. The number of carbonyl (C=O) groups is 4. The van der Waals surface area contributed by atoms with Gasteiger partial charge < -0.3 is 14.9 Å². The number of hydrogen-bond acceptors (Lipinski definition) is 7. The largest absolute Gasteiger partial charge is 0.444 e. The van der Waals surface area contributed by atoms with Gasteiger partial charge in [-0.1, -0.05) is 12.1 Å². The molecule has 3 amide bonds. The molecular formula is C19H21N3O6. The molecule has 1 atom stereocenters. The van der Waals surface area contributed by atoms with Gasteiger partial charge in [-0.05, 0) is 38.5 Å². The summed E-state index contributed by atoms with van der Waals surface area (Å²) in [6.45, 7) is 4.99. The van der Waals surface area contributed by atoms with Crippen molar-refractivity contribution < 1.29 is 28.8 Å². The molecule has 1 N–H and O–H groups in total. The van der Waals surface area contributed by atoms with E-state index in [1.165, 1.54) is 0 Å². The van der Waals surface area contributed by atoms with Gasteiger partial charge in [-0.2, -0.15) is 5.26 Å². The monoisotopic (exact) mass is 387 g/mol. The second kappa shape index (κ2) is 8.52. The molecule has 1 saturated heterocycles. The molecule has 0 bridgehead atoms. The van der Waals surface area contributed by atoms with Crippen LogP contribution in [-0.2, 0) is 30.4 Å². The van der Waals surface area contributed by atoms with Crippen LogP contribution in [0.5, 0.6) is 0 Å². The fourth-order valence-electron chi connectivity index (χ4n) is 2.46. The van der Waals surface area contributed by atoms with Gasteiger partial charge in [-0.3, -0.25) is 9.59 Å². The average Bonchev–Trinajstić information content (AvgIpc) is 2.91. The zero-order valence-corrected chi connectivity index (χ0v) is 15.9. The van der Waals surface area contributed by atoms with Crippen LogP contribution < -0.4 is 5.32 Å². The van der Waals surface area contributed by atoms with E-state index >= 15 is 0 Å². The standard InChI is InChI=1S/C19H21N3O6/c1-19(2,3)27-18(26)21-14(10-12-5-4-6-13(9-12)11-20)17(25)28-22-15(23)7-8-16(22)24/h4-6,9,14H,7-8,10H2,1-3H3,(H,21,26)/t14-/m0/s1. The second-order valence-corrected chi connectivity index (χ2v) is 7.21. The maximum absolute atomic E-state index is 12.5. The summed E-state index contributed by atoms with van der Waals surface area (Å²) >= 11 is 0. The number of rotatable bonds is 5. The van der Waals surface area contributed by atoms with Gasteiger partial charge in [0.2, 0.25) is 0 Å². The number of amides is 3. The Morgan fingerprint density at radius 3 is 2.46 bits per heavy atom. The van der Waals surface area contributed by atoms with E-state index in [1.807, 2.05) is 6.07 Å². The SMILES string of the molecule is CC(C)(C)OC(=O)N[C@@H](Cc1cccc(C#N)c1)C(=O)ON1C(=O)CCC1=O. The van der Waals surface area contributed by atoms with E-state index in [1.54, 1.807) is 45.0 Å². The number of nitriles is 1. The van der Waals surface area contributed by atoms with E-state index in [9.17, 15) is 19.2 Å². The molecule has 148 valence electrons. The summed E-state index contributed by atoms with van der Waals surface area (Å²) in [6, 6.07) is 7.22. The number of carbonyl (C=O) groups excluding carboxylic acids is 4. The number of hydrogen-bond donors (Lipinski definition) is 1. The van der Waals surface area contributed by atoms with Crippen molar-refractivity contribution in [3.63, 3.8) is 0 Å². The molecule has 1 heterocycles. The van der Waals surface area contributed by atoms with Gasteiger partial charge in [0.1, 0.15) is 11.6 Å². The molecule has 9 nitrogen and oxygen atoms in total. The third-order valence-corrected chi connectivity index (χ3v) is 3.66. The molecular weight excluding hydrogens is 366 g/mol. The van der Waals surface area contributed by atoms with Gasteiger partial charge in [0.25, 0.3) is 11.8 Å². The number of alkyl carbamates (subject to hydrolysis) is 1. The van der Waals surface area contributed by atoms with Crippen LogP contribution in [-0.4, -0.2) is 40.6 Å². The number of ether oxygens (including phenoxy) is 1. The summed E-state index contributed by atoms with van der Waals surface area (Å²) in [5, 5.41) is 11.8. The van der Waals surface area contributed by atoms with Gasteiger partial charge in [-0.15, -0.1) is 5.06 Å². The molecule has 0 aliphatic carbocycles. The van der Waals surface area contributed by atoms with Gasteiger partial charge >= 0.3 is 12.1 Å². The van der Waals surface area contributed by atoms with Crippen LogP contribution in [0.1, 0.15) is 44.7 Å². The Labute approximate surface area is 162 Å². The highest BCUT2D eigenvalue weighted by Crippen LogP contribution is 2.15. The summed E-state index contributed by atoms with van der Waals surface area (Å²) in [5.74, 6) is -2.24. The molecule has 1 fully saturated rings. The smallest absolute Gasteiger partial charge is 0.408 e. The molecule has 1 aliphatic rings. The number of benzene rings is 1. The van der Waals surface area contributed by atoms with Gasteiger partial charge in [0.15, 0.2) is 0 Å². The Kier molecular flexibility index (Phi) is 6.36. The molecule has 0 radical (unpaired) electrons. The summed E-state index contributed by atoms with van der Waals surface area (Å²) in [5.41, 5.74) is 0.170. The first-order chi connectivity index (χ1) is 13.1. The van der Waals surface area contributed by atoms with Crippen molar-refractivity contribution in [2.24, 2.45) is 0 Å². The third kappa shape index (κ3) is 5.81. The highest BCUT2D eigenvalue weighted by Gasteiger charge is 2.35. The lowest BCUT2D eigenvalue weighted by Crippen LogP contribution is -2.48. The van der Waals surface area contributed by atoms with Crippen molar-refractivity contribution >= 4 is 23.9 Å². The van der Waals surface area contributed by atoms with Crippen LogP contribution >= 0.6 is 0 Å². The maximum atomic E-state index is 12.5. The van der Waals surface area contributed by atoms with Crippen LogP contribution in [0.25, 0.3) is 0 Å². The predicted molar refractivity (Wildman–Crippen MR) is 95.2 cm³/mol. The van der Waals surface area contributed by atoms with E-state index in [0.717, 1.165) is 0 Å². The van der Waals surface area contributed by atoms with Crippen LogP contribution in [0.3, 0.4) is 0 Å². The highest BCUT2D eigenvalue weighted by molar-refractivity contribution is 6.01. The lowest BCUT2D eigenvalue weighted by Gasteiger charge is -2.23. The summed E-state index contributed by atoms with van der Waals surface area (Å²) in [7, 11) is 0. The molecule has 2 rings (SSSR count). The molecule has 28 heavy (non-hydrogen) atoms. The molecule has 0 unspecified atom stereocenters. The van der Waals surface area contributed by atoms with Crippen LogP contribution in [0.4, 0.5) is 4.79 Å². The first-order valence-electron chi connectivity index (χ1n) is 8.65. The Bertz CT molecular complexity index is 821. The van der Waals surface area contributed by atoms with Gasteiger partial charge in [0, 0.05) is 19.3 Å². The Hall–Kier alpha value is -3.41. The summed E-state index contributed by atoms with van der Waals surface area (Å²) < 4.78 is 5.16. The fourth-order valence-corrected chi connectivity index (χ4v) is 2.46. The van der Waals surface area contributed by atoms with Gasteiger partial charge in [0.05, 0.1) is 11.6 Å². The molecule has 0 spiro atoms. The van der Waals surface area contributed by atoms with E-state index in [2.05, 4.69) is 5.32 Å². The summed E-state index contributed by atoms with van der Waals surface area (Å²) in [4.78, 5) is 52.9. The van der Waals surface area contributed by atoms with E-state index < -0.39 is 35.5 Å². The van der Waals surface area contributed by atoms with E-state index in [-0.39, 0.29) is 19.3 Å². The number of nitrogens with zero attached hydrogens (tertiary/aromatic N) is 2. The van der Waals surface area contributed by atoms with Crippen molar-refractivity contribution in [1.82, 2.24) is 10.4 Å². The zero-order valence-electron chi connectivity index (χ0n) is 15.9. The molecule has 0 aromatic heterocycles. The van der Waals surface area contributed by atoms with Crippen molar-refractivity contribution in [3.05, 3.63) is 35.4 Å². The Morgan fingerprint density at radius 1 is 1.25 bits per heavy atom. The minimum absolute atomic E-state index is 0.0240. The minimum Gasteiger partial charge on any atom is -0.444 e. The fraction of sp³-hybridized carbons (Fsp3) is 0.421. The normalized spacial score (nSPS) is 15.0. The highest BCUT2D eigenvalue weighted by atomic mass is 16.7. The molecule has 9 heteroatoms. The second-order valence-electron chi connectivity index (χ2n) is 7.21. The summed E-state index contributed by atoms with van der Waals surface area (Å²) in [6.07, 6.45) is -0.963. The van der Waals surface area contributed by atoms with Crippen LogP contribution in [0.2, 0.25) is 0 Å². The van der Waals surface area contributed by atoms with E-state index in [4.69, 9.17) is 14.8 Å². The quantitative estimate of drug-likeness (QED) is 0.761. The topological polar surface area (TPSA) is 126 Å². The number of nitrogens with one attached hydrogen (secondary N) is 1. The van der Waals surface area contributed by atoms with Crippen LogP contribution in [0.15, 0.2) is 24.3 Å². The predicted octanol–water partition coefficient (Wildman–Crippen LogP) is 1.60. The average molecular weight is 387 g/mol. The first-order valence-corrected chi connectivity index (χ1v) is 8.65. The lowest BCUT2D eigenvalue weighted by molar-refractivity contribution is -0.198. The molecule has 1 aliphatic heterocycles. The lowest BCUT2D eigenvalue weighted by atomic mass is 10.0. The van der Waals surface area contributed by atoms with E-state index in [0.29, 0.717) is 16.2 Å². The molecule has 1 aromatic rings. The zero-order chi connectivity index (χ0) is 20.9. The minimum atomic E-state index is -1.23. The Balaban J connectivity index is 2.18. The molecule has 1 aromatic carbocycles. The third-order valence-electron chi connectivity index (χ3n) is 3.66. The Morgan fingerprint density at radius 2 is 1.89 bits per heavy atom. The maximum Gasteiger partial charge on any atom is 0.408 e.